The minimum absolute atomic E-state index is 0.114. The number of benzene rings is 1. The monoisotopic (exact) mass is 289 g/mol. The fourth-order valence-corrected chi connectivity index (χ4v) is 1.72. The van der Waals surface area contributed by atoms with Crippen LogP contribution >= 0.6 is 11.6 Å². The third kappa shape index (κ3) is 2.70. The molecule has 0 radical (unpaired) electrons. The summed E-state index contributed by atoms with van der Waals surface area (Å²) in [4.78, 5) is 10.9. The summed E-state index contributed by atoms with van der Waals surface area (Å²) < 4.78 is 38.3. The molecule has 1 aromatic carbocycles. The van der Waals surface area contributed by atoms with E-state index in [1.54, 1.807) is 0 Å². The molecule has 0 atom stereocenters. The maximum atomic E-state index is 12.8. The highest BCUT2D eigenvalue weighted by Gasteiger charge is 2.34. The summed E-state index contributed by atoms with van der Waals surface area (Å²) in [5.41, 5.74) is 3.55. The number of rotatable bonds is 1. The number of aromatic nitrogens is 2. The maximum Gasteiger partial charge on any atom is 0.418 e. The number of H-pyrrole nitrogens is 1. The summed E-state index contributed by atoms with van der Waals surface area (Å²) in [5.74, 6) is 0. The second-order valence-electron chi connectivity index (χ2n) is 3.72. The second kappa shape index (κ2) is 4.58. The number of nitrogen functional groups attached to an aromatic ring is 1. The molecule has 4 nitrogen and oxygen atoms in total. The van der Waals surface area contributed by atoms with Crippen LogP contribution in [0.25, 0.3) is 11.3 Å². The van der Waals surface area contributed by atoms with E-state index in [4.69, 9.17) is 17.3 Å². The van der Waals surface area contributed by atoms with Crippen molar-refractivity contribution in [2.45, 2.75) is 6.18 Å². The minimum atomic E-state index is -4.62. The lowest BCUT2D eigenvalue weighted by Crippen LogP contribution is -2.10. The van der Waals surface area contributed by atoms with Crippen LogP contribution in [-0.4, -0.2) is 10.2 Å². The van der Waals surface area contributed by atoms with Crippen LogP contribution in [0.15, 0.2) is 29.1 Å². The number of nitrogens with one attached hydrogen (secondary N) is 1. The molecule has 100 valence electrons. The van der Waals surface area contributed by atoms with E-state index in [9.17, 15) is 18.0 Å². The molecule has 0 aliphatic carbocycles. The Balaban J connectivity index is 2.63. The van der Waals surface area contributed by atoms with Crippen molar-refractivity contribution in [1.82, 2.24) is 10.2 Å². The highest BCUT2D eigenvalue weighted by molar-refractivity contribution is 6.33. The van der Waals surface area contributed by atoms with Gasteiger partial charge in [-0.3, -0.25) is 4.79 Å². The zero-order chi connectivity index (χ0) is 14.2. The van der Waals surface area contributed by atoms with Crippen molar-refractivity contribution < 1.29 is 13.2 Å². The zero-order valence-corrected chi connectivity index (χ0v) is 10.0. The third-order valence-corrected chi connectivity index (χ3v) is 2.72. The van der Waals surface area contributed by atoms with Gasteiger partial charge in [-0.05, 0) is 18.2 Å². The van der Waals surface area contributed by atoms with Crippen LogP contribution in [0.1, 0.15) is 5.56 Å². The lowest BCUT2D eigenvalue weighted by atomic mass is 10.1. The number of hydrogen-bond donors (Lipinski definition) is 2. The smallest absolute Gasteiger partial charge is 0.397 e. The van der Waals surface area contributed by atoms with Crippen LogP contribution in [0.4, 0.5) is 18.9 Å². The van der Waals surface area contributed by atoms with Crippen molar-refractivity contribution in [2.24, 2.45) is 0 Å². The van der Waals surface area contributed by atoms with Crippen LogP contribution in [-0.2, 0) is 6.18 Å². The summed E-state index contributed by atoms with van der Waals surface area (Å²) >= 11 is 5.68. The average molecular weight is 290 g/mol. The zero-order valence-electron chi connectivity index (χ0n) is 9.25. The topological polar surface area (TPSA) is 71.8 Å². The molecule has 0 spiro atoms. The first-order valence-corrected chi connectivity index (χ1v) is 5.39. The van der Waals surface area contributed by atoms with E-state index in [0.29, 0.717) is 0 Å². The number of anilines is 1. The van der Waals surface area contributed by atoms with Crippen molar-refractivity contribution >= 4 is 17.3 Å². The van der Waals surface area contributed by atoms with Gasteiger partial charge in [0.1, 0.15) is 0 Å². The molecular formula is C11H7ClF3N3O. The molecule has 0 unspecified atom stereocenters. The SMILES string of the molecule is Nc1c(Cl)cc(-c2ccc(=O)[nH]n2)cc1C(F)(F)F. The molecule has 2 rings (SSSR count). The van der Waals surface area contributed by atoms with Crippen LogP contribution in [0.5, 0.6) is 0 Å². The third-order valence-electron chi connectivity index (χ3n) is 2.41. The molecule has 19 heavy (non-hydrogen) atoms. The fraction of sp³-hybridized carbons (Fsp3) is 0.0909. The molecule has 1 aromatic heterocycles. The Morgan fingerprint density at radius 3 is 2.47 bits per heavy atom. The lowest BCUT2D eigenvalue weighted by molar-refractivity contribution is -0.136. The Kier molecular flexibility index (Phi) is 3.23. The summed E-state index contributed by atoms with van der Waals surface area (Å²) in [6.07, 6.45) is -4.62. The van der Waals surface area contributed by atoms with Gasteiger partial charge in [-0.25, -0.2) is 5.10 Å². The second-order valence-corrected chi connectivity index (χ2v) is 4.13. The highest BCUT2D eigenvalue weighted by atomic mass is 35.5. The average Bonchev–Trinajstić information content (AvgIpc) is 2.32. The fourth-order valence-electron chi connectivity index (χ4n) is 1.51. The number of nitrogens with zero attached hydrogens (tertiary/aromatic N) is 1. The van der Waals surface area contributed by atoms with E-state index in [1.165, 1.54) is 12.1 Å². The van der Waals surface area contributed by atoms with Gasteiger partial charge in [-0.1, -0.05) is 11.6 Å². The van der Waals surface area contributed by atoms with Crippen molar-refractivity contribution in [3.63, 3.8) is 0 Å². The quantitative estimate of drug-likeness (QED) is 0.793. The molecular weight excluding hydrogens is 283 g/mol. The summed E-state index contributed by atoms with van der Waals surface area (Å²) in [6, 6.07) is 4.54. The molecule has 8 heteroatoms. The number of aromatic amines is 1. The Hall–Kier alpha value is -2.02. The highest BCUT2D eigenvalue weighted by Crippen LogP contribution is 2.39. The van der Waals surface area contributed by atoms with Gasteiger partial charge in [0.05, 0.1) is 22.0 Å². The molecule has 2 aromatic rings. The molecule has 3 N–H and O–H groups in total. The standard InChI is InChI=1S/C11H7ClF3N3O/c12-7-4-5(8-1-2-9(19)18-17-8)3-6(10(7)16)11(13,14)15/h1-4H,16H2,(H,18,19). The molecule has 0 aliphatic heterocycles. The summed E-state index contributed by atoms with van der Waals surface area (Å²) in [6.45, 7) is 0. The number of alkyl halides is 3. The van der Waals surface area contributed by atoms with Gasteiger partial charge in [0, 0.05) is 11.6 Å². The predicted molar refractivity (Wildman–Crippen MR) is 64.7 cm³/mol. The normalized spacial score (nSPS) is 11.6. The Bertz CT molecular complexity index is 661. The molecule has 0 amide bonds. The number of halogens is 4. The molecule has 0 fully saturated rings. The van der Waals surface area contributed by atoms with Gasteiger partial charge in [-0.15, -0.1) is 0 Å². The van der Waals surface area contributed by atoms with Crippen molar-refractivity contribution in [1.29, 1.82) is 0 Å². The van der Waals surface area contributed by atoms with Crippen molar-refractivity contribution in [2.75, 3.05) is 5.73 Å². The minimum Gasteiger partial charge on any atom is -0.397 e. The summed E-state index contributed by atoms with van der Waals surface area (Å²) in [7, 11) is 0. The lowest BCUT2D eigenvalue weighted by Gasteiger charge is -2.13. The van der Waals surface area contributed by atoms with Gasteiger partial charge in [0.25, 0.3) is 5.56 Å². The van der Waals surface area contributed by atoms with Gasteiger partial charge < -0.3 is 5.73 Å². The van der Waals surface area contributed by atoms with E-state index in [0.717, 1.165) is 12.1 Å². The van der Waals surface area contributed by atoms with Crippen molar-refractivity contribution in [3.8, 4) is 11.3 Å². The van der Waals surface area contributed by atoms with Crippen LogP contribution in [0.2, 0.25) is 5.02 Å². The number of hydrogen-bond acceptors (Lipinski definition) is 3. The van der Waals surface area contributed by atoms with Gasteiger partial charge in [0.15, 0.2) is 0 Å². The molecule has 0 aliphatic rings. The van der Waals surface area contributed by atoms with Gasteiger partial charge in [0.2, 0.25) is 0 Å². The number of nitrogens with two attached hydrogens (primary N) is 1. The molecule has 0 saturated carbocycles. The Morgan fingerprint density at radius 2 is 1.95 bits per heavy atom. The van der Waals surface area contributed by atoms with E-state index < -0.39 is 23.0 Å². The molecule has 1 heterocycles. The van der Waals surface area contributed by atoms with Gasteiger partial charge >= 0.3 is 6.18 Å². The summed E-state index contributed by atoms with van der Waals surface area (Å²) in [5, 5.41) is 5.54. The van der Waals surface area contributed by atoms with Crippen molar-refractivity contribution in [3.05, 3.63) is 45.2 Å². The Labute approximate surface area is 110 Å². The van der Waals surface area contributed by atoms with E-state index in [1.807, 2.05) is 0 Å². The first kappa shape index (κ1) is 13.4. The molecule has 0 bridgehead atoms. The molecule has 0 saturated heterocycles. The maximum absolute atomic E-state index is 12.8. The largest absolute Gasteiger partial charge is 0.418 e. The van der Waals surface area contributed by atoms with Crippen LogP contribution < -0.4 is 11.3 Å². The Morgan fingerprint density at radius 1 is 1.26 bits per heavy atom. The first-order chi connectivity index (χ1) is 8.79. The van der Waals surface area contributed by atoms with Crippen LogP contribution in [0.3, 0.4) is 0 Å². The van der Waals surface area contributed by atoms with Crippen LogP contribution in [0, 0.1) is 0 Å². The predicted octanol–water partition coefficient (Wildman–Crippen LogP) is 2.69. The van der Waals surface area contributed by atoms with E-state index >= 15 is 0 Å². The van der Waals surface area contributed by atoms with E-state index in [2.05, 4.69) is 10.2 Å². The van der Waals surface area contributed by atoms with E-state index in [-0.39, 0.29) is 16.3 Å². The first-order valence-electron chi connectivity index (χ1n) is 5.01. The van der Waals surface area contributed by atoms with Gasteiger partial charge in [-0.2, -0.15) is 18.3 Å².